The molecule has 0 amide bonds. The quantitative estimate of drug-likeness (QED) is 0.773. The van der Waals surface area contributed by atoms with Crippen molar-refractivity contribution in [1.82, 2.24) is 9.97 Å². The van der Waals surface area contributed by atoms with Crippen molar-refractivity contribution < 1.29 is 0 Å². The SMILES string of the molecule is C/C=C(\C)c1ncnc2ccc(C3CCCC3)cc12. The zero-order valence-corrected chi connectivity index (χ0v) is 11.7. The highest BCUT2D eigenvalue weighted by molar-refractivity contribution is 5.89. The molecule has 1 aliphatic rings. The molecule has 0 N–H and O–H groups in total. The van der Waals surface area contributed by atoms with Gasteiger partial charge in [-0.1, -0.05) is 25.0 Å². The number of nitrogens with zero attached hydrogens (tertiary/aromatic N) is 2. The molecule has 1 aromatic heterocycles. The van der Waals surface area contributed by atoms with Crippen LogP contribution in [0, 0.1) is 0 Å². The summed E-state index contributed by atoms with van der Waals surface area (Å²) >= 11 is 0. The number of hydrogen-bond acceptors (Lipinski definition) is 2. The lowest BCUT2D eigenvalue weighted by molar-refractivity contribution is 0.724. The predicted octanol–water partition coefficient (Wildman–Crippen LogP) is 4.71. The zero-order valence-electron chi connectivity index (χ0n) is 11.7. The Morgan fingerprint density at radius 1 is 1.21 bits per heavy atom. The standard InChI is InChI=1S/C17H20N2/c1-3-12(2)17-15-10-14(13-6-4-5-7-13)8-9-16(15)18-11-19-17/h3,8-11,13H,4-7H2,1-2H3/b12-3+. The summed E-state index contributed by atoms with van der Waals surface area (Å²) in [5.74, 6) is 0.739. The maximum Gasteiger partial charge on any atom is 0.116 e. The molecule has 98 valence electrons. The minimum absolute atomic E-state index is 0.739. The average molecular weight is 252 g/mol. The summed E-state index contributed by atoms with van der Waals surface area (Å²) < 4.78 is 0. The van der Waals surface area contributed by atoms with Gasteiger partial charge in [0, 0.05) is 5.39 Å². The van der Waals surface area contributed by atoms with Crippen LogP contribution in [0.1, 0.15) is 56.7 Å². The van der Waals surface area contributed by atoms with Gasteiger partial charge >= 0.3 is 0 Å². The van der Waals surface area contributed by atoms with Gasteiger partial charge in [0.25, 0.3) is 0 Å². The van der Waals surface area contributed by atoms with Crippen LogP contribution in [0.4, 0.5) is 0 Å². The van der Waals surface area contributed by atoms with Gasteiger partial charge < -0.3 is 0 Å². The van der Waals surface area contributed by atoms with E-state index in [1.54, 1.807) is 6.33 Å². The smallest absolute Gasteiger partial charge is 0.116 e. The highest BCUT2D eigenvalue weighted by atomic mass is 14.8. The van der Waals surface area contributed by atoms with Crippen molar-refractivity contribution in [2.24, 2.45) is 0 Å². The van der Waals surface area contributed by atoms with E-state index < -0.39 is 0 Å². The van der Waals surface area contributed by atoms with E-state index in [0.717, 1.165) is 17.1 Å². The third kappa shape index (κ3) is 2.27. The Labute approximate surface area is 114 Å². The van der Waals surface area contributed by atoms with Gasteiger partial charge in [0.2, 0.25) is 0 Å². The van der Waals surface area contributed by atoms with E-state index in [-0.39, 0.29) is 0 Å². The van der Waals surface area contributed by atoms with Gasteiger partial charge in [-0.15, -0.1) is 0 Å². The molecule has 2 nitrogen and oxygen atoms in total. The molecule has 2 aromatic rings. The molecule has 1 fully saturated rings. The molecule has 1 aromatic carbocycles. The molecule has 0 atom stereocenters. The van der Waals surface area contributed by atoms with E-state index in [9.17, 15) is 0 Å². The maximum absolute atomic E-state index is 4.47. The fraction of sp³-hybridized carbons (Fsp3) is 0.412. The van der Waals surface area contributed by atoms with E-state index in [1.807, 2.05) is 0 Å². The first-order valence-corrected chi connectivity index (χ1v) is 7.17. The van der Waals surface area contributed by atoms with Gasteiger partial charge in [0.15, 0.2) is 0 Å². The zero-order chi connectivity index (χ0) is 13.2. The van der Waals surface area contributed by atoms with E-state index in [2.05, 4.69) is 48.1 Å². The van der Waals surface area contributed by atoms with Crippen LogP contribution in [0.15, 0.2) is 30.6 Å². The van der Waals surface area contributed by atoms with Crippen molar-refractivity contribution in [3.63, 3.8) is 0 Å². The van der Waals surface area contributed by atoms with E-state index in [1.165, 1.54) is 42.2 Å². The van der Waals surface area contributed by atoms with E-state index in [0.29, 0.717) is 0 Å². The molecule has 0 saturated heterocycles. The molecule has 2 heteroatoms. The van der Waals surface area contributed by atoms with Crippen molar-refractivity contribution in [3.05, 3.63) is 41.9 Å². The largest absolute Gasteiger partial charge is 0.236 e. The molecular formula is C17H20N2. The Morgan fingerprint density at radius 3 is 2.74 bits per heavy atom. The summed E-state index contributed by atoms with van der Waals surface area (Å²) in [6, 6.07) is 6.71. The Balaban J connectivity index is 2.14. The summed E-state index contributed by atoms with van der Waals surface area (Å²) in [7, 11) is 0. The van der Waals surface area contributed by atoms with E-state index >= 15 is 0 Å². The van der Waals surface area contributed by atoms with Crippen LogP contribution in [-0.4, -0.2) is 9.97 Å². The van der Waals surface area contributed by atoms with Gasteiger partial charge in [-0.3, -0.25) is 0 Å². The molecular weight excluding hydrogens is 232 g/mol. The normalized spacial score (nSPS) is 17.3. The number of benzene rings is 1. The molecule has 1 aliphatic carbocycles. The van der Waals surface area contributed by atoms with Crippen molar-refractivity contribution in [2.45, 2.75) is 45.4 Å². The number of rotatable bonds is 2. The van der Waals surface area contributed by atoms with Crippen molar-refractivity contribution >= 4 is 16.5 Å². The molecule has 1 saturated carbocycles. The number of allylic oxidation sites excluding steroid dienone is 2. The number of aromatic nitrogens is 2. The maximum atomic E-state index is 4.47. The van der Waals surface area contributed by atoms with Crippen molar-refractivity contribution in [3.8, 4) is 0 Å². The Hall–Kier alpha value is -1.70. The van der Waals surface area contributed by atoms with Gasteiger partial charge in [-0.05, 0) is 55.9 Å². The first kappa shape index (κ1) is 12.3. The Kier molecular flexibility index (Phi) is 3.33. The van der Waals surface area contributed by atoms with Gasteiger partial charge in [-0.2, -0.15) is 0 Å². The fourth-order valence-electron chi connectivity index (χ4n) is 3.04. The first-order valence-electron chi connectivity index (χ1n) is 7.17. The number of hydrogen-bond donors (Lipinski definition) is 0. The van der Waals surface area contributed by atoms with Crippen molar-refractivity contribution in [1.29, 1.82) is 0 Å². The molecule has 0 spiro atoms. The molecule has 0 radical (unpaired) electrons. The van der Waals surface area contributed by atoms with Crippen LogP contribution >= 0.6 is 0 Å². The lowest BCUT2D eigenvalue weighted by atomic mass is 9.95. The predicted molar refractivity (Wildman–Crippen MR) is 80.1 cm³/mol. The second-order valence-corrected chi connectivity index (χ2v) is 5.45. The highest BCUT2D eigenvalue weighted by Crippen LogP contribution is 2.35. The topological polar surface area (TPSA) is 25.8 Å². The minimum Gasteiger partial charge on any atom is -0.236 e. The average Bonchev–Trinajstić information content (AvgIpc) is 2.99. The summed E-state index contributed by atoms with van der Waals surface area (Å²) in [6.07, 6.45) is 9.18. The molecule has 0 bridgehead atoms. The van der Waals surface area contributed by atoms with Crippen LogP contribution in [0.2, 0.25) is 0 Å². The fourth-order valence-corrected chi connectivity index (χ4v) is 3.04. The summed E-state index contributed by atoms with van der Waals surface area (Å²) in [5, 5.41) is 1.20. The third-order valence-electron chi connectivity index (χ3n) is 4.29. The second kappa shape index (κ2) is 5.12. The molecule has 0 aliphatic heterocycles. The Bertz CT molecular complexity index is 622. The summed E-state index contributed by atoms with van der Waals surface area (Å²) in [6.45, 7) is 4.17. The van der Waals surface area contributed by atoms with Crippen LogP contribution in [-0.2, 0) is 0 Å². The van der Waals surface area contributed by atoms with Crippen molar-refractivity contribution in [2.75, 3.05) is 0 Å². The summed E-state index contributed by atoms with van der Waals surface area (Å²) in [5.41, 5.74) is 4.81. The monoisotopic (exact) mass is 252 g/mol. The minimum atomic E-state index is 0.739. The van der Waals surface area contributed by atoms with Gasteiger partial charge in [0.05, 0.1) is 11.2 Å². The first-order chi connectivity index (χ1) is 9.29. The van der Waals surface area contributed by atoms with Crippen LogP contribution in [0.3, 0.4) is 0 Å². The van der Waals surface area contributed by atoms with Crippen LogP contribution in [0.25, 0.3) is 16.5 Å². The molecule has 1 heterocycles. The third-order valence-corrected chi connectivity index (χ3v) is 4.29. The number of fused-ring (bicyclic) bond motifs is 1. The lowest BCUT2D eigenvalue weighted by Crippen LogP contribution is -1.96. The van der Waals surface area contributed by atoms with Crippen LogP contribution < -0.4 is 0 Å². The second-order valence-electron chi connectivity index (χ2n) is 5.45. The van der Waals surface area contributed by atoms with Crippen LogP contribution in [0.5, 0.6) is 0 Å². The highest BCUT2D eigenvalue weighted by Gasteiger charge is 2.18. The molecule has 0 unspecified atom stereocenters. The van der Waals surface area contributed by atoms with E-state index in [4.69, 9.17) is 0 Å². The summed E-state index contributed by atoms with van der Waals surface area (Å²) in [4.78, 5) is 8.85. The molecule has 3 rings (SSSR count). The molecule has 19 heavy (non-hydrogen) atoms. The van der Waals surface area contributed by atoms with Gasteiger partial charge in [-0.25, -0.2) is 9.97 Å². The van der Waals surface area contributed by atoms with Gasteiger partial charge in [0.1, 0.15) is 6.33 Å². The lowest BCUT2D eigenvalue weighted by Gasteiger charge is -2.12. The Morgan fingerprint density at radius 2 is 2.00 bits per heavy atom.